The van der Waals surface area contributed by atoms with Gasteiger partial charge < -0.3 is 16.3 Å². The molecule has 7 N–H and O–H groups in total. The number of ketones is 1. The van der Waals surface area contributed by atoms with Gasteiger partial charge in [0.25, 0.3) is 0 Å². The third-order valence-corrected chi connectivity index (χ3v) is 1.67. The Bertz CT molecular complexity index is 375. The summed E-state index contributed by atoms with van der Waals surface area (Å²) in [6, 6.07) is 1.64. The number of H-pyrrole nitrogens is 1. The van der Waals surface area contributed by atoms with E-state index >= 15 is 0 Å². The Morgan fingerprint density at radius 2 is 2.06 bits per heavy atom. The first-order valence-corrected chi connectivity index (χ1v) is 4.38. The van der Waals surface area contributed by atoms with Crippen molar-refractivity contribution in [3.63, 3.8) is 0 Å². The van der Waals surface area contributed by atoms with E-state index in [1.165, 1.54) is 6.08 Å². The van der Waals surface area contributed by atoms with Crippen LogP contribution in [-0.2, 0) is 4.79 Å². The van der Waals surface area contributed by atoms with E-state index in [0.29, 0.717) is 24.6 Å². The number of aromatic nitrogens is 2. The molecule has 88 valence electrons. The van der Waals surface area contributed by atoms with Crippen LogP contribution in [0.1, 0.15) is 12.8 Å². The maximum Gasteiger partial charge on any atom is 0.388 e. The molecule has 0 saturated heterocycles. The Morgan fingerprint density at radius 3 is 2.31 bits per heavy atom. The van der Waals surface area contributed by atoms with Crippen molar-refractivity contribution >= 4 is 17.5 Å². The van der Waals surface area contributed by atoms with Gasteiger partial charge in [0.2, 0.25) is 5.82 Å². The molecular weight excluding hydrogens is 212 g/mol. The van der Waals surface area contributed by atoms with Crippen LogP contribution in [0.5, 0.6) is 0 Å². The van der Waals surface area contributed by atoms with E-state index in [1.807, 2.05) is 0 Å². The van der Waals surface area contributed by atoms with Crippen LogP contribution >= 0.6 is 0 Å². The molecule has 0 atom stereocenters. The van der Waals surface area contributed by atoms with Crippen LogP contribution in [0.3, 0.4) is 0 Å². The van der Waals surface area contributed by atoms with Crippen molar-refractivity contribution in [3.05, 3.63) is 24.1 Å². The summed E-state index contributed by atoms with van der Waals surface area (Å²) in [6.45, 7) is 0. The molecule has 0 unspecified atom stereocenters. The number of hydrogen-bond donors (Lipinski definition) is 2. The Kier molecular flexibility index (Phi) is 5.50. The molecule has 7 heteroatoms. The fraction of sp³-hybridized carbons (Fsp3) is 0.222. The van der Waals surface area contributed by atoms with E-state index in [4.69, 9.17) is 11.5 Å². The summed E-state index contributed by atoms with van der Waals surface area (Å²) in [6.07, 6.45) is 3.66. The van der Waals surface area contributed by atoms with E-state index in [0.717, 1.165) is 0 Å². The Balaban J connectivity index is 0.000000267. The first kappa shape index (κ1) is 13.8. The lowest BCUT2D eigenvalue weighted by Crippen LogP contribution is -2.12. The zero-order valence-corrected chi connectivity index (χ0v) is 8.56. The van der Waals surface area contributed by atoms with Gasteiger partial charge in [-0.1, -0.05) is 4.98 Å². The topological polar surface area (TPSA) is 151 Å². The standard InChI is InChI=1S/C5H6O2.C4H6N4.H2O/c6-4-1-2-5(7)3-4;5-3-1-2-7-4(6)8-3;/h3,6H,1-2H2;1-2H,(H4,5,6,7,8);1H2. The number of aromatic amines is 1. The third-order valence-electron chi connectivity index (χ3n) is 1.67. The molecule has 1 aromatic heterocycles. The second-order valence-corrected chi connectivity index (χ2v) is 2.98. The number of rotatable bonds is 0. The molecule has 0 bridgehead atoms. The summed E-state index contributed by atoms with van der Waals surface area (Å²) in [7, 11) is 0. The van der Waals surface area contributed by atoms with Crippen molar-refractivity contribution in [2.75, 3.05) is 11.5 Å². The second kappa shape index (κ2) is 6.36. The zero-order valence-electron chi connectivity index (χ0n) is 8.56. The predicted molar refractivity (Wildman–Crippen MR) is 55.6 cm³/mol. The van der Waals surface area contributed by atoms with Gasteiger partial charge in [-0.05, 0) is 12.5 Å². The normalized spacial score (nSPS) is 13.2. The molecule has 1 heterocycles. The molecule has 1 aliphatic carbocycles. The minimum Gasteiger partial charge on any atom is -0.875 e. The average molecular weight is 226 g/mol. The van der Waals surface area contributed by atoms with E-state index in [1.54, 1.807) is 12.3 Å². The second-order valence-electron chi connectivity index (χ2n) is 2.98. The van der Waals surface area contributed by atoms with Gasteiger partial charge in [-0.2, -0.15) is 0 Å². The lowest BCUT2D eigenvalue weighted by atomic mass is 10.3. The molecule has 0 aromatic carbocycles. The summed E-state index contributed by atoms with van der Waals surface area (Å²) in [4.78, 5) is 16.5. The van der Waals surface area contributed by atoms with Crippen molar-refractivity contribution in [2.24, 2.45) is 0 Å². The van der Waals surface area contributed by atoms with E-state index in [2.05, 4.69) is 9.97 Å². The monoisotopic (exact) mass is 226 g/mol. The summed E-state index contributed by atoms with van der Waals surface area (Å²) in [5, 5.41) is 10.2. The maximum atomic E-state index is 10.2. The van der Waals surface area contributed by atoms with Gasteiger partial charge >= 0.3 is 5.95 Å². The third kappa shape index (κ3) is 4.91. The van der Waals surface area contributed by atoms with Gasteiger partial charge in [-0.3, -0.25) is 10.5 Å². The summed E-state index contributed by atoms with van der Waals surface area (Å²) in [5.74, 6) is 0.723. The molecule has 1 aromatic rings. The fourth-order valence-corrected chi connectivity index (χ4v) is 0.991. The van der Waals surface area contributed by atoms with E-state index in [-0.39, 0.29) is 17.0 Å². The quantitative estimate of drug-likeness (QED) is 0.515. The van der Waals surface area contributed by atoms with Crippen molar-refractivity contribution in [2.45, 2.75) is 12.8 Å². The number of hydrogen-bond acceptors (Lipinski definition) is 5. The Morgan fingerprint density at radius 1 is 1.38 bits per heavy atom. The van der Waals surface area contributed by atoms with E-state index < -0.39 is 0 Å². The number of nitrogens with one attached hydrogen (secondary N) is 1. The number of anilines is 2. The molecule has 0 spiro atoms. The maximum absolute atomic E-state index is 10.2. The van der Waals surface area contributed by atoms with Gasteiger partial charge in [0.05, 0.1) is 6.20 Å². The van der Waals surface area contributed by atoms with Crippen molar-refractivity contribution in [3.8, 4) is 0 Å². The van der Waals surface area contributed by atoms with E-state index in [9.17, 15) is 9.90 Å². The minimum absolute atomic E-state index is 0. The number of carbonyl (C=O) groups excluding carboxylic acids is 1. The highest BCUT2D eigenvalue weighted by Crippen LogP contribution is 2.07. The molecule has 0 fully saturated rings. The van der Waals surface area contributed by atoms with Crippen LogP contribution in [0.4, 0.5) is 11.8 Å². The first-order chi connectivity index (χ1) is 7.08. The van der Waals surface area contributed by atoms with Gasteiger partial charge in [-0.15, -0.1) is 5.76 Å². The van der Waals surface area contributed by atoms with Gasteiger partial charge in [-0.25, -0.2) is 4.98 Å². The number of nitrogens with zero attached hydrogens (tertiary/aromatic N) is 1. The lowest BCUT2D eigenvalue weighted by molar-refractivity contribution is -0.364. The molecule has 0 amide bonds. The molecule has 7 nitrogen and oxygen atoms in total. The van der Waals surface area contributed by atoms with Crippen molar-refractivity contribution in [1.29, 1.82) is 0 Å². The molecular formula is C9H14N4O3. The molecule has 0 radical (unpaired) electrons. The number of allylic oxidation sites excluding steroid dienone is 2. The van der Waals surface area contributed by atoms with Crippen molar-refractivity contribution < 1.29 is 20.4 Å². The van der Waals surface area contributed by atoms with Crippen molar-refractivity contribution in [1.82, 2.24) is 4.98 Å². The summed E-state index contributed by atoms with van der Waals surface area (Å²) < 4.78 is 0. The highest BCUT2D eigenvalue weighted by Gasteiger charge is 2.02. The van der Waals surface area contributed by atoms with Crippen LogP contribution in [0, 0.1) is 0 Å². The number of nitrogens with two attached hydrogens (primary N) is 2. The summed E-state index contributed by atoms with van der Waals surface area (Å²) in [5.41, 5.74) is 10.5. The molecule has 1 aliphatic rings. The lowest BCUT2D eigenvalue weighted by Gasteiger charge is -1.98. The largest absolute Gasteiger partial charge is 0.875 e. The zero-order chi connectivity index (χ0) is 11.3. The van der Waals surface area contributed by atoms with Crippen LogP contribution < -0.4 is 21.6 Å². The smallest absolute Gasteiger partial charge is 0.388 e. The molecule has 16 heavy (non-hydrogen) atoms. The van der Waals surface area contributed by atoms with Crippen LogP contribution in [0.2, 0.25) is 0 Å². The van der Waals surface area contributed by atoms with Crippen LogP contribution in [0.15, 0.2) is 24.1 Å². The average Bonchev–Trinajstić information content (AvgIpc) is 2.50. The molecule has 0 aliphatic heterocycles. The fourth-order valence-electron chi connectivity index (χ4n) is 0.991. The number of nitrogen functional groups attached to an aromatic ring is 2. The Labute approximate surface area is 92.1 Å². The first-order valence-electron chi connectivity index (χ1n) is 4.38. The SMILES string of the molecule is Nc1cc[nH+]c(N)n1.O.O=C1C=C([O-])CC1. The van der Waals surface area contributed by atoms with Gasteiger partial charge in [0.15, 0.2) is 5.78 Å². The highest BCUT2D eigenvalue weighted by molar-refractivity contribution is 5.92. The highest BCUT2D eigenvalue weighted by atomic mass is 16.3. The predicted octanol–water partition coefficient (Wildman–Crippen LogP) is -2.17. The van der Waals surface area contributed by atoms with Crippen LogP contribution in [0.25, 0.3) is 0 Å². The molecule has 0 saturated carbocycles. The minimum atomic E-state index is -0.0231. The summed E-state index contributed by atoms with van der Waals surface area (Å²) >= 11 is 0. The van der Waals surface area contributed by atoms with Crippen LogP contribution in [-0.4, -0.2) is 16.2 Å². The number of carbonyl (C=O) groups is 1. The van der Waals surface area contributed by atoms with Gasteiger partial charge in [0, 0.05) is 12.5 Å². The van der Waals surface area contributed by atoms with Gasteiger partial charge in [0.1, 0.15) is 0 Å². The Hall–Kier alpha value is -2.15. The molecule has 2 rings (SSSR count).